The summed E-state index contributed by atoms with van der Waals surface area (Å²) in [4.78, 5) is 43.7. The molecule has 0 N–H and O–H groups in total. The molecule has 7 nitrogen and oxygen atoms in total. The zero-order valence-electron chi connectivity index (χ0n) is 28.6. The van der Waals surface area contributed by atoms with Crippen molar-refractivity contribution in [2.45, 2.75) is 65.2 Å². The van der Waals surface area contributed by atoms with E-state index in [9.17, 15) is 14.4 Å². The van der Waals surface area contributed by atoms with Crippen LogP contribution in [0.15, 0.2) is 85.2 Å². The van der Waals surface area contributed by atoms with Crippen molar-refractivity contribution >= 4 is 45.2 Å². The first-order valence-corrected chi connectivity index (χ1v) is 17.0. The van der Waals surface area contributed by atoms with Gasteiger partial charge in [-0.2, -0.15) is 0 Å². The maximum Gasteiger partial charge on any atom is 0.347 e. The summed E-state index contributed by atoms with van der Waals surface area (Å²) in [6, 6.07) is 19.4. The summed E-state index contributed by atoms with van der Waals surface area (Å²) in [6.07, 6.45) is 4.84. The average molecular weight is 643 g/mol. The van der Waals surface area contributed by atoms with Gasteiger partial charge in [0.2, 0.25) is 0 Å². The SMILES string of the molecule is CCN(CC)c1ccc2cc(C(=O)/C=C/c3cc4ccc(-c5cc6c7c(c5)C(C)(C)CCN7CCC6(C)C)cc4oc3=O)c(=O)oc2c1. The first-order valence-electron chi connectivity index (χ1n) is 17.0. The lowest BCUT2D eigenvalue weighted by Crippen LogP contribution is -2.44. The van der Waals surface area contributed by atoms with Gasteiger partial charge in [0.1, 0.15) is 16.7 Å². The van der Waals surface area contributed by atoms with E-state index < -0.39 is 17.0 Å². The summed E-state index contributed by atoms with van der Waals surface area (Å²) >= 11 is 0. The van der Waals surface area contributed by atoms with Crippen LogP contribution in [-0.4, -0.2) is 32.0 Å². The Morgan fingerprint density at radius 3 is 2.04 bits per heavy atom. The number of fused-ring (bicyclic) bond motifs is 2. The summed E-state index contributed by atoms with van der Waals surface area (Å²) in [6.45, 7) is 17.3. The van der Waals surface area contributed by atoms with E-state index in [1.165, 1.54) is 29.0 Å². The second kappa shape index (κ2) is 11.7. The fourth-order valence-electron chi connectivity index (χ4n) is 7.34. The molecule has 2 aromatic heterocycles. The van der Waals surface area contributed by atoms with Crippen LogP contribution in [0.3, 0.4) is 0 Å². The smallest absolute Gasteiger partial charge is 0.347 e. The van der Waals surface area contributed by atoms with Gasteiger partial charge in [-0.25, -0.2) is 9.59 Å². The van der Waals surface area contributed by atoms with E-state index >= 15 is 0 Å². The third kappa shape index (κ3) is 5.45. The third-order valence-corrected chi connectivity index (χ3v) is 10.5. The first kappa shape index (κ1) is 31.7. The number of rotatable bonds is 7. The topological polar surface area (TPSA) is 84.0 Å². The van der Waals surface area contributed by atoms with Gasteiger partial charge in [-0.05, 0) is 114 Å². The number of hydrogen-bond acceptors (Lipinski definition) is 7. The van der Waals surface area contributed by atoms with Crippen molar-refractivity contribution in [3.05, 3.63) is 110 Å². The van der Waals surface area contributed by atoms with Gasteiger partial charge >= 0.3 is 11.3 Å². The number of ketones is 1. The Labute approximate surface area is 280 Å². The minimum Gasteiger partial charge on any atom is -0.422 e. The largest absolute Gasteiger partial charge is 0.422 e. The minimum atomic E-state index is -0.720. The Hall–Kier alpha value is -4.91. The Morgan fingerprint density at radius 2 is 1.38 bits per heavy atom. The molecule has 2 aliphatic heterocycles. The predicted molar refractivity (Wildman–Crippen MR) is 195 cm³/mol. The fourth-order valence-corrected chi connectivity index (χ4v) is 7.34. The first-order chi connectivity index (χ1) is 22.9. The highest BCUT2D eigenvalue weighted by molar-refractivity contribution is 6.08. The van der Waals surface area contributed by atoms with Crippen molar-refractivity contribution in [1.82, 2.24) is 0 Å². The Bertz CT molecular complexity index is 2210. The molecular formula is C41H42N2O5. The Kier molecular flexibility index (Phi) is 7.69. The van der Waals surface area contributed by atoms with Crippen LogP contribution in [0.2, 0.25) is 0 Å². The normalized spacial score (nSPS) is 16.4. The molecule has 7 heteroatoms. The zero-order valence-corrected chi connectivity index (χ0v) is 28.6. The van der Waals surface area contributed by atoms with Crippen LogP contribution in [0.1, 0.15) is 81.4 Å². The standard InChI is InChI=1S/C41H42N2O5/c1-7-42(8-2)30-13-11-27-20-31(39(46)48-36(27)24-30)34(44)14-12-28-19-26-10-9-25(23-35(26)47-38(28)45)29-21-32-37-33(22-29)41(5,6)16-18-43(37)17-15-40(32,3)4/h9-14,19-24H,7-8,15-18H2,1-6H3/b14-12+. The van der Waals surface area contributed by atoms with Crippen LogP contribution in [-0.2, 0) is 10.8 Å². The molecule has 48 heavy (non-hydrogen) atoms. The van der Waals surface area contributed by atoms with Crippen LogP contribution < -0.4 is 21.1 Å². The summed E-state index contributed by atoms with van der Waals surface area (Å²) in [5.41, 5.74) is 7.09. The monoisotopic (exact) mass is 642 g/mol. The molecule has 0 atom stereocenters. The highest BCUT2D eigenvalue weighted by atomic mass is 16.4. The molecule has 0 aliphatic carbocycles. The summed E-state index contributed by atoms with van der Waals surface area (Å²) in [5, 5.41) is 1.39. The van der Waals surface area contributed by atoms with Crippen LogP contribution in [0.25, 0.3) is 39.1 Å². The molecule has 0 saturated heterocycles. The molecule has 0 radical (unpaired) electrons. The molecule has 4 heterocycles. The van der Waals surface area contributed by atoms with Crippen molar-refractivity contribution < 1.29 is 13.6 Å². The van der Waals surface area contributed by atoms with Gasteiger partial charge in [0.15, 0.2) is 5.78 Å². The van der Waals surface area contributed by atoms with Gasteiger partial charge < -0.3 is 18.6 Å². The van der Waals surface area contributed by atoms with Crippen LogP contribution in [0.5, 0.6) is 0 Å². The molecule has 2 aliphatic rings. The maximum absolute atomic E-state index is 13.1. The zero-order chi connectivity index (χ0) is 34.0. The molecule has 0 unspecified atom stereocenters. The number of carbonyl (C=O) groups excluding carboxylic acids is 1. The molecule has 246 valence electrons. The van der Waals surface area contributed by atoms with E-state index in [0.717, 1.165) is 61.2 Å². The number of allylic oxidation sites excluding steroid dienone is 1. The second-order valence-corrected chi connectivity index (χ2v) is 14.5. The van der Waals surface area contributed by atoms with Crippen molar-refractivity contribution in [2.75, 3.05) is 36.0 Å². The molecule has 7 rings (SSSR count). The molecule has 5 aromatic rings. The maximum atomic E-state index is 13.1. The Balaban J connectivity index is 1.19. The molecule has 3 aromatic carbocycles. The summed E-state index contributed by atoms with van der Waals surface area (Å²) in [7, 11) is 0. The lowest BCUT2D eigenvalue weighted by Gasteiger charge is -2.48. The van der Waals surface area contributed by atoms with Crippen molar-refractivity contribution in [3.63, 3.8) is 0 Å². The number of hydrogen-bond donors (Lipinski definition) is 0. The molecule has 0 bridgehead atoms. The van der Waals surface area contributed by atoms with Gasteiger partial charge in [-0.15, -0.1) is 0 Å². The highest BCUT2D eigenvalue weighted by Crippen LogP contribution is 2.50. The van der Waals surface area contributed by atoms with E-state index in [-0.39, 0.29) is 22.0 Å². The van der Waals surface area contributed by atoms with Gasteiger partial charge in [0.05, 0.1) is 5.56 Å². The van der Waals surface area contributed by atoms with E-state index in [4.69, 9.17) is 8.83 Å². The quantitative estimate of drug-likeness (QED) is 0.100. The van der Waals surface area contributed by atoms with Gasteiger partial charge in [-0.3, -0.25) is 4.79 Å². The highest BCUT2D eigenvalue weighted by Gasteiger charge is 2.40. The molecule has 0 fully saturated rings. The van der Waals surface area contributed by atoms with E-state index in [1.54, 1.807) is 12.1 Å². The van der Waals surface area contributed by atoms with Crippen LogP contribution >= 0.6 is 0 Å². The van der Waals surface area contributed by atoms with Crippen molar-refractivity contribution in [2.24, 2.45) is 0 Å². The second-order valence-electron chi connectivity index (χ2n) is 14.5. The van der Waals surface area contributed by atoms with E-state index in [0.29, 0.717) is 16.6 Å². The fraction of sp³-hybridized carbons (Fsp3) is 0.341. The molecule has 0 spiro atoms. The number of benzene rings is 3. The summed E-state index contributed by atoms with van der Waals surface area (Å²) in [5.74, 6) is -0.547. The van der Waals surface area contributed by atoms with E-state index in [1.807, 2.05) is 30.3 Å². The number of nitrogens with zero attached hydrogens (tertiary/aromatic N) is 2. The van der Waals surface area contributed by atoms with Crippen LogP contribution in [0, 0.1) is 0 Å². The Morgan fingerprint density at radius 1 is 0.771 bits per heavy atom. The minimum absolute atomic E-state index is 0.0642. The molecular weight excluding hydrogens is 600 g/mol. The van der Waals surface area contributed by atoms with Gasteiger partial charge in [-0.1, -0.05) is 39.8 Å². The summed E-state index contributed by atoms with van der Waals surface area (Å²) < 4.78 is 11.3. The van der Waals surface area contributed by atoms with Crippen molar-refractivity contribution in [3.8, 4) is 11.1 Å². The third-order valence-electron chi connectivity index (χ3n) is 10.5. The van der Waals surface area contributed by atoms with Gasteiger partial charge in [0.25, 0.3) is 0 Å². The van der Waals surface area contributed by atoms with Crippen molar-refractivity contribution in [1.29, 1.82) is 0 Å². The molecule has 0 saturated carbocycles. The predicted octanol–water partition coefficient (Wildman–Crippen LogP) is 8.48. The molecule has 0 amide bonds. The lowest BCUT2D eigenvalue weighted by molar-refractivity contribution is 0.104. The van der Waals surface area contributed by atoms with Crippen LogP contribution in [0.4, 0.5) is 11.4 Å². The number of anilines is 2. The number of carbonyl (C=O) groups is 1. The average Bonchev–Trinajstić information content (AvgIpc) is 3.06. The van der Waals surface area contributed by atoms with Gasteiger partial charge in [0, 0.05) is 54.4 Å². The lowest BCUT2D eigenvalue weighted by atomic mass is 9.69. The van der Waals surface area contributed by atoms with E-state index in [2.05, 4.69) is 69.5 Å².